The van der Waals surface area contributed by atoms with Crippen molar-refractivity contribution in [2.45, 2.75) is 13.3 Å². The summed E-state index contributed by atoms with van der Waals surface area (Å²) in [7, 11) is 0. The second kappa shape index (κ2) is 11.0. The summed E-state index contributed by atoms with van der Waals surface area (Å²) in [5.74, 6) is -1.33. The quantitative estimate of drug-likeness (QED) is 0.353. The van der Waals surface area contributed by atoms with E-state index in [9.17, 15) is 14.4 Å². The number of rotatable bonds is 6. The lowest BCUT2D eigenvalue weighted by Crippen LogP contribution is -2.29. The molecule has 1 aromatic carbocycles. The monoisotopic (exact) mass is 493 g/mol. The predicted molar refractivity (Wildman–Crippen MR) is 133 cm³/mol. The van der Waals surface area contributed by atoms with Gasteiger partial charge in [0.15, 0.2) is 0 Å². The van der Waals surface area contributed by atoms with Gasteiger partial charge in [-0.15, -0.1) is 0 Å². The number of halogens is 1. The number of amides is 2. The van der Waals surface area contributed by atoms with Gasteiger partial charge in [0.05, 0.1) is 28.7 Å². The Hall–Kier alpha value is -3.89. The third kappa shape index (κ3) is 6.17. The van der Waals surface area contributed by atoms with E-state index in [1.54, 1.807) is 30.3 Å². The van der Waals surface area contributed by atoms with Crippen molar-refractivity contribution < 1.29 is 14.4 Å². The zero-order chi connectivity index (χ0) is 24.8. The van der Waals surface area contributed by atoms with Crippen molar-refractivity contribution in [2.24, 2.45) is 0 Å². The van der Waals surface area contributed by atoms with Gasteiger partial charge in [0, 0.05) is 25.8 Å². The molecule has 1 aliphatic rings. The fraction of sp³-hybridized carbons (Fsp3) is 0.250. The highest BCUT2D eigenvalue weighted by atomic mass is 35.5. The zero-order valence-corrected chi connectivity index (χ0v) is 19.8. The standard InChI is InChI=1S/C24H24ClN7O3/c1-15-3-5-18(17(11-15)23(34)31-20-6-4-16(25)12-28-20)30-24(35)22(33)19-13-29-21(14-27-19)32-9-2-7-26-8-10-32/h3-6,11-14,26H,2,7-10H2,1H3,(H,30,35)(H,28,31,34). The van der Waals surface area contributed by atoms with Gasteiger partial charge in [-0.3, -0.25) is 14.4 Å². The van der Waals surface area contributed by atoms with Crippen LogP contribution in [0.5, 0.6) is 0 Å². The Kier molecular flexibility index (Phi) is 7.64. The van der Waals surface area contributed by atoms with E-state index < -0.39 is 17.6 Å². The molecule has 0 spiro atoms. The van der Waals surface area contributed by atoms with Crippen LogP contribution in [0.25, 0.3) is 0 Å². The van der Waals surface area contributed by atoms with Gasteiger partial charge >= 0.3 is 0 Å². The summed E-state index contributed by atoms with van der Waals surface area (Å²) in [6, 6.07) is 8.05. The minimum Gasteiger partial charge on any atom is -0.354 e. The van der Waals surface area contributed by atoms with Crippen molar-refractivity contribution in [1.82, 2.24) is 20.3 Å². The number of anilines is 3. The largest absolute Gasteiger partial charge is 0.354 e. The highest BCUT2D eigenvalue weighted by Crippen LogP contribution is 2.20. The van der Waals surface area contributed by atoms with E-state index in [4.69, 9.17) is 11.6 Å². The van der Waals surface area contributed by atoms with E-state index in [2.05, 4.69) is 35.8 Å². The minimum atomic E-state index is -0.923. The summed E-state index contributed by atoms with van der Waals surface area (Å²) < 4.78 is 0. The Labute approximate surface area is 207 Å². The fourth-order valence-corrected chi connectivity index (χ4v) is 3.67. The summed E-state index contributed by atoms with van der Waals surface area (Å²) in [5, 5.41) is 8.92. The first-order valence-electron chi connectivity index (χ1n) is 11.1. The maximum atomic E-state index is 12.9. The molecule has 0 bridgehead atoms. The Bertz CT molecular complexity index is 1220. The van der Waals surface area contributed by atoms with Crippen molar-refractivity contribution in [3.8, 4) is 0 Å². The lowest BCUT2D eigenvalue weighted by atomic mass is 10.1. The molecule has 0 radical (unpaired) electrons. The number of hydrogen-bond donors (Lipinski definition) is 3. The second-order valence-electron chi connectivity index (χ2n) is 8.00. The molecule has 180 valence electrons. The molecule has 0 aliphatic carbocycles. The van der Waals surface area contributed by atoms with Crippen LogP contribution in [0.15, 0.2) is 48.9 Å². The first-order valence-corrected chi connectivity index (χ1v) is 11.5. The van der Waals surface area contributed by atoms with Crippen LogP contribution in [0, 0.1) is 6.92 Å². The molecule has 35 heavy (non-hydrogen) atoms. The van der Waals surface area contributed by atoms with E-state index >= 15 is 0 Å². The summed E-state index contributed by atoms with van der Waals surface area (Å²) in [5.41, 5.74) is 1.08. The van der Waals surface area contributed by atoms with Crippen molar-refractivity contribution in [3.05, 3.63) is 70.8 Å². The van der Waals surface area contributed by atoms with Gasteiger partial charge in [0.1, 0.15) is 17.3 Å². The summed E-state index contributed by atoms with van der Waals surface area (Å²) in [6.07, 6.45) is 5.18. The van der Waals surface area contributed by atoms with Crippen LogP contribution in [0.3, 0.4) is 0 Å². The maximum absolute atomic E-state index is 12.9. The average Bonchev–Trinajstić information content (AvgIpc) is 3.16. The van der Waals surface area contributed by atoms with Crippen LogP contribution in [0.1, 0.15) is 32.8 Å². The zero-order valence-electron chi connectivity index (χ0n) is 19.0. The molecule has 2 aromatic heterocycles. The molecule has 1 fully saturated rings. The third-order valence-electron chi connectivity index (χ3n) is 5.38. The van der Waals surface area contributed by atoms with E-state index in [0.29, 0.717) is 16.7 Å². The van der Waals surface area contributed by atoms with Crippen LogP contribution >= 0.6 is 11.6 Å². The van der Waals surface area contributed by atoms with E-state index in [1.807, 2.05) is 6.92 Å². The molecule has 0 unspecified atom stereocenters. The number of benzene rings is 1. The topological polar surface area (TPSA) is 129 Å². The van der Waals surface area contributed by atoms with Gasteiger partial charge in [-0.2, -0.15) is 0 Å². The molecule has 3 N–H and O–H groups in total. The number of aryl methyl sites for hydroxylation is 1. The molecular weight excluding hydrogens is 470 g/mol. The molecule has 1 saturated heterocycles. The molecule has 11 heteroatoms. The van der Waals surface area contributed by atoms with Gasteiger partial charge in [0.2, 0.25) is 0 Å². The molecule has 4 rings (SSSR count). The fourth-order valence-electron chi connectivity index (χ4n) is 3.56. The van der Waals surface area contributed by atoms with Crippen LogP contribution in [0.2, 0.25) is 5.02 Å². The van der Waals surface area contributed by atoms with Gasteiger partial charge in [0.25, 0.3) is 17.6 Å². The van der Waals surface area contributed by atoms with Crippen LogP contribution in [-0.2, 0) is 4.79 Å². The third-order valence-corrected chi connectivity index (χ3v) is 5.60. The lowest BCUT2D eigenvalue weighted by Gasteiger charge is -2.20. The predicted octanol–water partition coefficient (Wildman–Crippen LogP) is 2.71. The summed E-state index contributed by atoms with van der Waals surface area (Å²) in [4.78, 5) is 52.8. The number of ketones is 1. The van der Waals surface area contributed by atoms with Crippen molar-refractivity contribution >= 4 is 46.5 Å². The van der Waals surface area contributed by atoms with Crippen molar-refractivity contribution in [2.75, 3.05) is 41.7 Å². The molecule has 1 aliphatic heterocycles. The smallest absolute Gasteiger partial charge is 0.298 e. The summed E-state index contributed by atoms with van der Waals surface area (Å²) in [6.45, 7) is 5.21. The molecule has 3 heterocycles. The number of hydrogen-bond acceptors (Lipinski definition) is 8. The van der Waals surface area contributed by atoms with E-state index in [0.717, 1.165) is 38.2 Å². The molecule has 10 nitrogen and oxygen atoms in total. The first-order chi connectivity index (χ1) is 16.9. The Morgan fingerprint density at radius 1 is 0.971 bits per heavy atom. The van der Waals surface area contributed by atoms with Gasteiger partial charge in [-0.1, -0.05) is 23.2 Å². The molecule has 2 amide bonds. The van der Waals surface area contributed by atoms with Gasteiger partial charge in [-0.05, 0) is 44.2 Å². The number of carbonyl (C=O) groups is 3. The first kappa shape index (κ1) is 24.2. The summed E-state index contributed by atoms with van der Waals surface area (Å²) >= 11 is 5.83. The number of carbonyl (C=O) groups excluding carboxylic acids is 3. The molecule has 3 aromatic rings. The molecule has 0 atom stereocenters. The number of aromatic nitrogens is 3. The normalized spacial score (nSPS) is 13.6. The average molecular weight is 494 g/mol. The lowest BCUT2D eigenvalue weighted by molar-refractivity contribution is -0.112. The minimum absolute atomic E-state index is 0.0809. The number of nitrogens with one attached hydrogen (secondary N) is 3. The Balaban J connectivity index is 1.46. The maximum Gasteiger partial charge on any atom is 0.298 e. The number of Topliss-reactive ketones (excluding diaryl/α,β-unsaturated/α-hetero) is 1. The van der Waals surface area contributed by atoms with Crippen molar-refractivity contribution in [3.63, 3.8) is 0 Å². The van der Waals surface area contributed by atoms with E-state index in [1.165, 1.54) is 18.6 Å². The van der Waals surface area contributed by atoms with Crippen molar-refractivity contribution in [1.29, 1.82) is 0 Å². The highest BCUT2D eigenvalue weighted by molar-refractivity contribution is 6.46. The second-order valence-corrected chi connectivity index (χ2v) is 8.43. The van der Waals surface area contributed by atoms with Crippen LogP contribution < -0.4 is 20.9 Å². The van der Waals surface area contributed by atoms with Gasteiger partial charge < -0.3 is 20.9 Å². The number of pyridine rings is 1. The number of nitrogens with zero attached hydrogens (tertiary/aromatic N) is 4. The van der Waals surface area contributed by atoms with Gasteiger partial charge in [-0.25, -0.2) is 15.0 Å². The molecular formula is C24H24ClN7O3. The van der Waals surface area contributed by atoms with E-state index in [-0.39, 0.29) is 16.9 Å². The Morgan fingerprint density at radius 2 is 1.83 bits per heavy atom. The Morgan fingerprint density at radius 3 is 2.57 bits per heavy atom. The SMILES string of the molecule is Cc1ccc(NC(=O)C(=O)c2cnc(N3CCCNCC3)cn2)c(C(=O)Nc2ccc(Cl)cn2)c1. The molecule has 0 saturated carbocycles. The van der Waals surface area contributed by atoms with Crippen LogP contribution in [-0.4, -0.2) is 58.7 Å². The van der Waals surface area contributed by atoms with Crippen LogP contribution in [0.4, 0.5) is 17.3 Å². The highest BCUT2D eigenvalue weighted by Gasteiger charge is 2.22.